The summed E-state index contributed by atoms with van der Waals surface area (Å²) in [6.07, 6.45) is 2.19. The Hall–Kier alpha value is -1.39. The summed E-state index contributed by atoms with van der Waals surface area (Å²) in [5, 5.41) is 6.73. The molecule has 1 unspecified atom stereocenters. The van der Waals surface area contributed by atoms with Gasteiger partial charge in [0.2, 0.25) is 0 Å². The van der Waals surface area contributed by atoms with Gasteiger partial charge in [0, 0.05) is 17.0 Å². The highest BCUT2D eigenvalue weighted by atomic mass is 32.1. The van der Waals surface area contributed by atoms with Crippen molar-refractivity contribution in [3.63, 3.8) is 0 Å². The molecule has 0 saturated heterocycles. The van der Waals surface area contributed by atoms with E-state index in [0.29, 0.717) is 6.61 Å². The van der Waals surface area contributed by atoms with Gasteiger partial charge < -0.3 is 10.1 Å². The first-order valence-corrected chi connectivity index (χ1v) is 8.51. The molecule has 0 aliphatic rings. The van der Waals surface area contributed by atoms with Crippen LogP contribution in [-0.4, -0.2) is 11.5 Å². The van der Waals surface area contributed by atoms with Crippen LogP contribution >= 0.6 is 11.3 Å². The number of hydrogen-bond donors (Lipinski definition) is 1. The van der Waals surface area contributed by atoms with Crippen molar-refractivity contribution < 1.29 is 4.74 Å². The van der Waals surface area contributed by atoms with Crippen LogP contribution in [0.1, 0.15) is 49.5 Å². The van der Waals surface area contributed by atoms with E-state index in [1.165, 1.54) is 10.6 Å². The molecule has 0 radical (unpaired) electrons. The third kappa shape index (κ3) is 4.55. The van der Waals surface area contributed by atoms with Gasteiger partial charge in [-0.25, -0.2) is 4.98 Å². The molecule has 21 heavy (non-hydrogen) atoms. The maximum atomic E-state index is 5.99. The highest BCUT2D eigenvalue weighted by molar-refractivity contribution is 7.09. The Kier molecular flexibility index (Phi) is 6.21. The van der Waals surface area contributed by atoms with Crippen molar-refractivity contribution in [1.29, 1.82) is 0 Å². The highest BCUT2D eigenvalue weighted by Gasteiger charge is 2.11. The lowest BCUT2D eigenvalue weighted by atomic mass is 10.1. The number of benzene rings is 1. The van der Waals surface area contributed by atoms with Crippen molar-refractivity contribution in [1.82, 2.24) is 10.3 Å². The molecule has 1 heterocycles. The Balaban J connectivity index is 2.02. The van der Waals surface area contributed by atoms with Crippen molar-refractivity contribution in [2.45, 2.75) is 46.3 Å². The molecule has 2 aromatic rings. The summed E-state index contributed by atoms with van der Waals surface area (Å²) in [7, 11) is 0. The predicted octanol–water partition coefficient (Wildman–Crippen LogP) is 4.35. The quantitative estimate of drug-likeness (QED) is 0.787. The Morgan fingerprint density at radius 1 is 1.29 bits per heavy atom. The van der Waals surface area contributed by atoms with E-state index in [1.807, 2.05) is 12.1 Å². The number of para-hydroxylation sites is 1. The van der Waals surface area contributed by atoms with E-state index < -0.39 is 0 Å². The molecule has 1 atom stereocenters. The third-order valence-corrected chi connectivity index (χ3v) is 4.29. The number of aromatic nitrogens is 1. The van der Waals surface area contributed by atoms with Gasteiger partial charge in [-0.1, -0.05) is 32.0 Å². The number of ether oxygens (including phenoxy) is 1. The van der Waals surface area contributed by atoms with E-state index in [-0.39, 0.29) is 6.04 Å². The topological polar surface area (TPSA) is 34.1 Å². The maximum absolute atomic E-state index is 5.99. The highest BCUT2D eigenvalue weighted by Crippen LogP contribution is 2.25. The summed E-state index contributed by atoms with van der Waals surface area (Å²) in [6, 6.07) is 8.51. The fourth-order valence-corrected chi connectivity index (χ4v) is 3.17. The van der Waals surface area contributed by atoms with E-state index in [4.69, 9.17) is 4.74 Å². The van der Waals surface area contributed by atoms with Gasteiger partial charge in [0.1, 0.15) is 12.4 Å². The number of rotatable bonds is 8. The molecule has 3 nitrogen and oxygen atoms in total. The molecule has 4 heteroatoms. The van der Waals surface area contributed by atoms with Crippen LogP contribution in [0.3, 0.4) is 0 Å². The molecule has 0 amide bonds. The summed E-state index contributed by atoms with van der Waals surface area (Å²) >= 11 is 1.72. The molecule has 0 aliphatic carbocycles. The first-order chi connectivity index (χ1) is 10.2. The Morgan fingerprint density at radius 2 is 2.10 bits per heavy atom. The largest absolute Gasteiger partial charge is 0.487 e. The van der Waals surface area contributed by atoms with Crippen LogP contribution < -0.4 is 10.1 Å². The van der Waals surface area contributed by atoms with E-state index in [1.54, 1.807) is 11.3 Å². The molecule has 1 aromatic carbocycles. The molecule has 0 saturated carbocycles. The smallest absolute Gasteiger partial charge is 0.131 e. The lowest BCUT2D eigenvalue weighted by molar-refractivity contribution is 0.295. The van der Waals surface area contributed by atoms with Gasteiger partial charge in [-0.05, 0) is 32.4 Å². The van der Waals surface area contributed by atoms with Crippen LogP contribution in [0, 0.1) is 0 Å². The average Bonchev–Trinajstić information content (AvgIpc) is 2.94. The average molecular weight is 304 g/mol. The van der Waals surface area contributed by atoms with Gasteiger partial charge in [-0.2, -0.15) is 0 Å². The minimum atomic E-state index is 0.289. The minimum absolute atomic E-state index is 0.289. The fraction of sp³-hybridized carbons (Fsp3) is 0.471. The first kappa shape index (κ1) is 16.0. The summed E-state index contributed by atoms with van der Waals surface area (Å²) in [6.45, 7) is 7.94. The number of nitrogens with zero attached hydrogens (tertiary/aromatic N) is 1. The fourth-order valence-electron chi connectivity index (χ4n) is 2.28. The van der Waals surface area contributed by atoms with Crippen LogP contribution in [-0.2, 0) is 13.0 Å². The van der Waals surface area contributed by atoms with Crippen LogP contribution in [0.15, 0.2) is 29.6 Å². The monoisotopic (exact) mass is 304 g/mol. The lowest BCUT2D eigenvalue weighted by Gasteiger charge is -2.17. The normalized spacial score (nSPS) is 12.3. The van der Waals surface area contributed by atoms with Crippen LogP contribution in [0.2, 0.25) is 0 Å². The molecule has 1 N–H and O–H groups in total. The molecule has 114 valence electrons. The van der Waals surface area contributed by atoms with Crippen molar-refractivity contribution in [3.8, 4) is 5.75 Å². The molecular weight excluding hydrogens is 280 g/mol. The van der Waals surface area contributed by atoms with Gasteiger partial charge in [-0.3, -0.25) is 0 Å². The first-order valence-electron chi connectivity index (χ1n) is 7.63. The van der Waals surface area contributed by atoms with Gasteiger partial charge >= 0.3 is 0 Å². The van der Waals surface area contributed by atoms with Gasteiger partial charge in [0.05, 0.1) is 10.7 Å². The number of thiazole rings is 1. The van der Waals surface area contributed by atoms with Crippen molar-refractivity contribution in [2.75, 3.05) is 6.54 Å². The molecule has 0 bridgehead atoms. The maximum Gasteiger partial charge on any atom is 0.131 e. The van der Waals surface area contributed by atoms with Crippen molar-refractivity contribution in [3.05, 3.63) is 45.9 Å². The van der Waals surface area contributed by atoms with Gasteiger partial charge in [0.15, 0.2) is 0 Å². The Morgan fingerprint density at radius 3 is 2.86 bits per heavy atom. The van der Waals surface area contributed by atoms with Crippen LogP contribution in [0.4, 0.5) is 0 Å². The standard InChI is InChI=1S/C17H24N2OS/c1-4-8-17-19-14(12-21-17)11-20-16-10-7-6-9-15(16)13(3)18-5-2/h6-7,9-10,12-13,18H,4-5,8,11H2,1-3H3. The van der Waals surface area contributed by atoms with Crippen molar-refractivity contribution in [2.24, 2.45) is 0 Å². The summed E-state index contributed by atoms with van der Waals surface area (Å²) < 4.78 is 5.99. The second kappa shape index (κ2) is 8.15. The summed E-state index contributed by atoms with van der Waals surface area (Å²) in [4.78, 5) is 4.60. The van der Waals surface area contributed by atoms with Gasteiger partial charge in [0.25, 0.3) is 0 Å². The van der Waals surface area contributed by atoms with E-state index in [9.17, 15) is 0 Å². The molecule has 0 spiro atoms. The Labute approximate surface area is 131 Å². The molecular formula is C17H24N2OS. The van der Waals surface area contributed by atoms with E-state index in [0.717, 1.165) is 30.8 Å². The van der Waals surface area contributed by atoms with Gasteiger partial charge in [-0.15, -0.1) is 11.3 Å². The van der Waals surface area contributed by atoms with E-state index >= 15 is 0 Å². The summed E-state index contributed by atoms with van der Waals surface area (Å²) in [5.41, 5.74) is 2.22. The zero-order chi connectivity index (χ0) is 15.1. The predicted molar refractivity (Wildman–Crippen MR) is 89.0 cm³/mol. The van der Waals surface area contributed by atoms with Crippen LogP contribution in [0.5, 0.6) is 5.75 Å². The second-order valence-corrected chi connectivity index (χ2v) is 6.03. The number of hydrogen-bond acceptors (Lipinski definition) is 4. The third-order valence-electron chi connectivity index (χ3n) is 3.33. The van der Waals surface area contributed by atoms with E-state index in [2.05, 4.69) is 48.6 Å². The second-order valence-electron chi connectivity index (χ2n) is 5.09. The molecule has 2 rings (SSSR count). The zero-order valence-electron chi connectivity index (χ0n) is 13.1. The SMILES string of the molecule is CCCc1nc(COc2ccccc2C(C)NCC)cs1. The molecule has 0 aliphatic heterocycles. The Bertz CT molecular complexity index is 553. The lowest BCUT2D eigenvalue weighted by Crippen LogP contribution is -2.18. The van der Waals surface area contributed by atoms with Crippen LogP contribution in [0.25, 0.3) is 0 Å². The van der Waals surface area contributed by atoms with Crippen molar-refractivity contribution >= 4 is 11.3 Å². The number of aryl methyl sites for hydroxylation is 1. The molecule has 1 aromatic heterocycles. The number of nitrogens with one attached hydrogen (secondary N) is 1. The summed E-state index contributed by atoms with van der Waals surface area (Å²) in [5.74, 6) is 0.941. The minimum Gasteiger partial charge on any atom is -0.487 e. The molecule has 0 fully saturated rings. The zero-order valence-corrected chi connectivity index (χ0v) is 13.9.